The van der Waals surface area contributed by atoms with Crippen LogP contribution in [0.4, 0.5) is 5.95 Å². The molecule has 0 radical (unpaired) electrons. The van der Waals surface area contributed by atoms with E-state index in [-0.39, 0.29) is 5.78 Å². The average molecular weight is 314 g/mol. The molecule has 23 heavy (non-hydrogen) atoms. The molecule has 0 saturated carbocycles. The molecule has 0 aromatic carbocycles. The number of carbonyl (C=O) groups excluding carboxylic acids is 1. The van der Waals surface area contributed by atoms with Crippen molar-refractivity contribution in [3.63, 3.8) is 0 Å². The zero-order valence-electron chi connectivity index (χ0n) is 13.9. The van der Waals surface area contributed by atoms with Crippen LogP contribution in [0.5, 0.6) is 0 Å². The summed E-state index contributed by atoms with van der Waals surface area (Å²) < 4.78 is 2.05. The fourth-order valence-electron chi connectivity index (χ4n) is 2.81. The van der Waals surface area contributed by atoms with Crippen LogP contribution in [0, 0.1) is 6.92 Å². The monoisotopic (exact) mass is 314 g/mol. The number of hydrogen-bond acceptors (Lipinski definition) is 6. The lowest BCUT2D eigenvalue weighted by atomic mass is 10.2. The third-order valence-electron chi connectivity index (χ3n) is 4.29. The van der Waals surface area contributed by atoms with Crippen LogP contribution in [0.2, 0.25) is 0 Å². The number of aromatic nitrogens is 4. The van der Waals surface area contributed by atoms with Gasteiger partial charge in [0.05, 0.1) is 17.8 Å². The molecule has 7 heteroatoms. The maximum absolute atomic E-state index is 11.5. The van der Waals surface area contributed by atoms with Crippen molar-refractivity contribution < 1.29 is 4.79 Å². The number of piperazine rings is 1. The van der Waals surface area contributed by atoms with Gasteiger partial charge >= 0.3 is 0 Å². The summed E-state index contributed by atoms with van der Waals surface area (Å²) in [6.45, 7) is 7.92. The second kappa shape index (κ2) is 6.45. The Kier molecular flexibility index (Phi) is 4.38. The highest BCUT2D eigenvalue weighted by Crippen LogP contribution is 2.15. The van der Waals surface area contributed by atoms with Gasteiger partial charge in [0.1, 0.15) is 5.82 Å². The SMILES string of the molecule is CC(=O)c1cnc(N2CCN(Cc3nccn3C)CC2)nc1C. The van der Waals surface area contributed by atoms with E-state index in [4.69, 9.17) is 0 Å². The summed E-state index contributed by atoms with van der Waals surface area (Å²) in [7, 11) is 2.02. The number of aryl methyl sites for hydroxylation is 2. The zero-order valence-corrected chi connectivity index (χ0v) is 13.9. The molecule has 122 valence electrons. The number of imidazole rings is 1. The molecule has 0 spiro atoms. The molecule has 0 amide bonds. The Morgan fingerprint density at radius 2 is 1.96 bits per heavy atom. The van der Waals surface area contributed by atoms with E-state index in [0.717, 1.165) is 44.2 Å². The Morgan fingerprint density at radius 1 is 1.22 bits per heavy atom. The Morgan fingerprint density at radius 3 is 2.52 bits per heavy atom. The highest BCUT2D eigenvalue weighted by atomic mass is 16.1. The summed E-state index contributed by atoms with van der Waals surface area (Å²) >= 11 is 0. The summed E-state index contributed by atoms with van der Waals surface area (Å²) in [5.74, 6) is 1.80. The third-order valence-corrected chi connectivity index (χ3v) is 4.29. The van der Waals surface area contributed by atoms with Gasteiger partial charge in [0.25, 0.3) is 0 Å². The first kappa shape index (κ1) is 15.6. The number of carbonyl (C=O) groups is 1. The van der Waals surface area contributed by atoms with Crippen molar-refractivity contribution in [3.05, 3.63) is 35.7 Å². The standard InChI is InChI=1S/C16H22N6O/c1-12-14(13(2)23)10-18-16(19-12)22-8-6-21(7-9-22)11-15-17-4-5-20(15)3/h4-5,10H,6-9,11H2,1-3H3. The number of rotatable bonds is 4. The van der Waals surface area contributed by atoms with E-state index in [1.54, 1.807) is 13.1 Å². The summed E-state index contributed by atoms with van der Waals surface area (Å²) in [6.07, 6.45) is 5.44. The minimum Gasteiger partial charge on any atom is -0.338 e. The summed E-state index contributed by atoms with van der Waals surface area (Å²) in [5, 5.41) is 0. The summed E-state index contributed by atoms with van der Waals surface area (Å²) in [5.41, 5.74) is 1.35. The van der Waals surface area contributed by atoms with E-state index >= 15 is 0 Å². The lowest BCUT2D eigenvalue weighted by Gasteiger charge is -2.34. The lowest BCUT2D eigenvalue weighted by Crippen LogP contribution is -2.46. The molecule has 0 aliphatic carbocycles. The molecular formula is C16H22N6O. The van der Waals surface area contributed by atoms with Crippen LogP contribution < -0.4 is 4.90 Å². The van der Waals surface area contributed by atoms with Crippen molar-refractivity contribution in [2.75, 3.05) is 31.1 Å². The van der Waals surface area contributed by atoms with E-state index in [0.29, 0.717) is 11.5 Å². The zero-order chi connectivity index (χ0) is 16.4. The van der Waals surface area contributed by atoms with Crippen molar-refractivity contribution in [2.45, 2.75) is 20.4 Å². The minimum atomic E-state index is 0.00827. The number of ketones is 1. The minimum absolute atomic E-state index is 0.00827. The van der Waals surface area contributed by atoms with Gasteiger partial charge in [0.2, 0.25) is 5.95 Å². The van der Waals surface area contributed by atoms with Crippen LogP contribution in [0.25, 0.3) is 0 Å². The van der Waals surface area contributed by atoms with Gasteiger partial charge < -0.3 is 9.47 Å². The van der Waals surface area contributed by atoms with E-state index in [1.165, 1.54) is 0 Å². The molecule has 2 aromatic rings. The smallest absolute Gasteiger partial charge is 0.225 e. The van der Waals surface area contributed by atoms with Gasteiger partial charge in [-0.05, 0) is 13.8 Å². The molecule has 2 aromatic heterocycles. The van der Waals surface area contributed by atoms with Gasteiger partial charge in [0, 0.05) is 51.8 Å². The molecule has 7 nitrogen and oxygen atoms in total. The number of hydrogen-bond donors (Lipinski definition) is 0. The van der Waals surface area contributed by atoms with Gasteiger partial charge in [-0.25, -0.2) is 15.0 Å². The van der Waals surface area contributed by atoms with Crippen molar-refractivity contribution >= 4 is 11.7 Å². The van der Waals surface area contributed by atoms with Gasteiger partial charge in [0.15, 0.2) is 5.78 Å². The van der Waals surface area contributed by atoms with Gasteiger partial charge in [-0.3, -0.25) is 9.69 Å². The van der Waals surface area contributed by atoms with Gasteiger partial charge in [-0.1, -0.05) is 0 Å². The van der Waals surface area contributed by atoms with Crippen LogP contribution in [0.3, 0.4) is 0 Å². The predicted molar refractivity (Wildman–Crippen MR) is 87.5 cm³/mol. The number of Topliss-reactive ketones (excluding diaryl/α,β-unsaturated/α-hetero) is 1. The maximum atomic E-state index is 11.5. The lowest BCUT2D eigenvalue weighted by molar-refractivity contribution is 0.101. The molecule has 1 saturated heterocycles. The van der Waals surface area contributed by atoms with Crippen molar-refractivity contribution in [1.29, 1.82) is 0 Å². The molecule has 0 N–H and O–H groups in total. The van der Waals surface area contributed by atoms with Gasteiger partial charge in [-0.2, -0.15) is 0 Å². The topological polar surface area (TPSA) is 67.2 Å². The normalized spacial score (nSPS) is 15.9. The third kappa shape index (κ3) is 3.39. The molecule has 1 aliphatic heterocycles. The average Bonchev–Trinajstić information content (AvgIpc) is 2.93. The molecular weight excluding hydrogens is 292 g/mol. The van der Waals surface area contributed by atoms with Crippen LogP contribution in [-0.2, 0) is 13.6 Å². The van der Waals surface area contributed by atoms with Crippen molar-refractivity contribution in [2.24, 2.45) is 7.05 Å². The number of nitrogens with zero attached hydrogens (tertiary/aromatic N) is 6. The Bertz CT molecular complexity index is 702. The maximum Gasteiger partial charge on any atom is 0.225 e. The van der Waals surface area contributed by atoms with Crippen molar-refractivity contribution in [1.82, 2.24) is 24.4 Å². The molecule has 0 atom stereocenters. The first-order valence-electron chi connectivity index (χ1n) is 7.82. The summed E-state index contributed by atoms with van der Waals surface area (Å²) in [6, 6.07) is 0. The van der Waals surface area contributed by atoms with Crippen LogP contribution in [0.1, 0.15) is 28.8 Å². The quantitative estimate of drug-likeness (QED) is 0.786. The van der Waals surface area contributed by atoms with Crippen LogP contribution in [0.15, 0.2) is 18.6 Å². The second-order valence-corrected chi connectivity index (χ2v) is 5.94. The second-order valence-electron chi connectivity index (χ2n) is 5.94. The van der Waals surface area contributed by atoms with E-state index in [1.807, 2.05) is 26.4 Å². The first-order valence-corrected chi connectivity index (χ1v) is 7.82. The van der Waals surface area contributed by atoms with E-state index in [9.17, 15) is 4.79 Å². The van der Waals surface area contributed by atoms with E-state index < -0.39 is 0 Å². The predicted octanol–water partition coefficient (Wildman–Crippen LogP) is 1.04. The Hall–Kier alpha value is -2.28. The molecule has 1 aliphatic rings. The first-order chi connectivity index (χ1) is 11.0. The molecule has 0 bridgehead atoms. The van der Waals surface area contributed by atoms with E-state index in [2.05, 4.69) is 29.3 Å². The molecule has 3 rings (SSSR count). The fraction of sp³-hybridized carbons (Fsp3) is 0.500. The Balaban J connectivity index is 1.61. The van der Waals surface area contributed by atoms with Crippen molar-refractivity contribution in [3.8, 4) is 0 Å². The molecule has 1 fully saturated rings. The largest absolute Gasteiger partial charge is 0.338 e. The molecule has 0 unspecified atom stereocenters. The molecule has 3 heterocycles. The van der Waals surface area contributed by atoms with Crippen LogP contribution >= 0.6 is 0 Å². The summed E-state index contributed by atoms with van der Waals surface area (Å²) in [4.78, 5) is 29.3. The fourth-order valence-corrected chi connectivity index (χ4v) is 2.81. The highest BCUT2D eigenvalue weighted by Gasteiger charge is 2.20. The Labute approximate surface area is 136 Å². The number of anilines is 1. The highest BCUT2D eigenvalue weighted by molar-refractivity contribution is 5.94. The van der Waals surface area contributed by atoms with Gasteiger partial charge in [-0.15, -0.1) is 0 Å². The van der Waals surface area contributed by atoms with Crippen LogP contribution in [-0.4, -0.2) is 56.4 Å².